The molecule has 2 bridgehead atoms. The Kier molecular flexibility index (Phi) is 7.61. The zero-order chi connectivity index (χ0) is 27.9. The lowest BCUT2D eigenvalue weighted by Gasteiger charge is -2.37. The molecule has 2 N–H and O–H groups in total. The van der Waals surface area contributed by atoms with Crippen LogP contribution < -0.4 is 15.4 Å². The number of methoxy groups -OCH3 is 1. The molecular formula is C31H42N4O5. The third-order valence-electron chi connectivity index (χ3n) is 9.78. The summed E-state index contributed by atoms with van der Waals surface area (Å²) in [5, 5.41) is 6.25. The number of rotatable bonds is 8. The van der Waals surface area contributed by atoms with Gasteiger partial charge in [-0.1, -0.05) is 43.9 Å². The van der Waals surface area contributed by atoms with Crippen LogP contribution in [0.4, 0.5) is 5.69 Å². The molecular weight excluding hydrogens is 508 g/mol. The first kappa shape index (κ1) is 27.3. The molecule has 0 aromatic heterocycles. The summed E-state index contributed by atoms with van der Waals surface area (Å²) in [6.45, 7) is 4.38. The predicted molar refractivity (Wildman–Crippen MR) is 151 cm³/mol. The zero-order valence-electron chi connectivity index (χ0n) is 23.6. The Bertz CT molecular complexity index is 1170. The van der Waals surface area contributed by atoms with Gasteiger partial charge in [-0.05, 0) is 51.3 Å². The molecule has 3 amide bonds. The number of ether oxygens (including phenoxy) is 2. The number of piperidine rings is 1. The van der Waals surface area contributed by atoms with Gasteiger partial charge in [0.25, 0.3) is 0 Å². The summed E-state index contributed by atoms with van der Waals surface area (Å²) in [6, 6.07) is 6.94. The third kappa shape index (κ3) is 4.81. The van der Waals surface area contributed by atoms with Crippen molar-refractivity contribution in [1.82, 2.24) is 15.1 Å². The van der Waals surface area contributed by atoms with Crippen molar-refractivity contribution < 1.29 is 23.9 Å². The lowest BCUT2D eigenvalue weighted by Crippen LogP contribution is -2.57. The van der Waals surface area contributed by atoms with Crippen LogP contribution in [0.2, 0.25) is 0 Å². The maximum absolute atomic E-state index is 14.2. The smallest absolute Gasteiger partial charge is 0.246 e. The number of hydrogen-bond acceptors (Lipinski definition) is 6. The summed E-state index contributed by atoms with van der Waals surface area (Å²) in [6.07, 6.45) is 12.0. The van der Waals surface area contributed by atoms with Crippen LogP contribution in [0.1, 0.15) is 58.3 Å². The van der Waals surface area contributed by atoms with Gasteiger partial charge in [0, 0.05) is 36.9 Å². The summed E-state index contributed by atoms with van der Waals surface area (Å²) in [5.74, 6) is -1.42. The summed E-state index contributed by atoms with van der Waals surface area (Å²) in [7, 11) is 1.58. The first-order chi connectivity index (χ1) is 19.4. The van der Waals surface area contributed by atoms with E-state index in [9.17, 15) is 14.4 Å². The van der Waals surface area contributed by atoms with Crippen molar-refractivity contribution >= 4 is 23.4 Å². The van der Waals surface area contributed by atoms with Gasteiger partial charge < -0.3 is 25.0 Å². The van der Waals surface area contributed by atoms with Crippen molar-refractivity contribution in [3.05, 3.63) is 36.4 Å². The molecule has 216 valence electrons. The summed E-state index contributed by atoms with van der Waals surface area (Å²) < 4.78 is 11.8. The normalized spacial score (nSPS) is 33.7. The number of likely N-dealkylation sites (tertiary alicyclic amines) is 2. The number of nitrogens with zero attached hydrogens (tertiary/aromatic N) is 2. The van der Waals surface area contributed by atoms with E-state index >= 15 is 0 Å². The average Bonchev–Trinajstić information content (AvgIpc) is 3.60. The highest BCUT2D eigenvalue weighted by atomic mass is 16.5. The van der Waals surface area contributed by atoms with Gasteiger partial charge in [-0.3, -0.25) is 19.3 Å². The molecule has 1 spiro atoms. The zero-order valence-corrected chi connectivity index (χ0v) is 23.6. The van der Waals surface area contributed by atoms with E-state index in [2.05, 4.69) is 22.5 Å². The van der Waals surface area contributed by atoms with E-state index in [-0.39, 0.29) is 23.8 Å². The Balaban J connectivity index is 1.27. The van der Waals surface area contributed by atoms with Crippen LogP contribution in [0.25, 0.3) is 0 Å². The van der Waals surface area contributed by atoms with Crippen LogP contribution in [0, 0.1) is 11.8 Å². The average molecular weight is 551 g/mol. The Morgan fingerprint density at radius 1 is 1.07 bits per heavy atom. The highest BCUT2D eigenvalue weighted by Gasteiger charge is 2.72. The van der Waals surface area contributed by atoms with Crippen LogP contribution >= 0.6 is 0 Å². The molecule has 9 nitrogen and oxygen atoms in total. The fourth-order valence-electron chi connectivity index (χ4n) is 7.69. The van der Waals surface area contributed by atoms with Crippen LogP contribution in [-0.4, -0.2) is 84.1 Å². The minimum absolute atomic E-state index is 0.116. The second kappa shape index (κ2) is 11.2. The molecule has 1 aliphatic carbocycles. The van der Waals surface area contributed by atoms with E-state index in [1.807, 2.05) is 24.3 Å². The monoisotopic (exact) mass is 550 g/mol. The van der Waals surface area contributed by atoms with E-state index in [1.165, 1.54) is 12.8 Å². The number of benzene rings is 1. The lowest BCUT2D eigenvalue weighted by atomic mass is 9.74. The van der Waals surface area contributed by atoms with Crippen LogP contribution in [0.3, 0.4) is 0 Å². The van der Waals surface area contributed by atoms with E-state index in [0.29, 0.717) is 30.6 Å². The number of fused-ring (bicyclic) bond motifs is 1. The molecule has 1 aromatic carbocycles. The molecule has 3 saturated heterocycles. The van der Waals surface area contributed by atoms with Gasteiger partial charge in [-0.2, -0.15) is 0 Å². The summed E-state index contributed by atoms with van der Waals surface area (Å²) in [5.41, 5.74) is -0.539. The largest absolute Gasteiger partial charge is 0.497 e. The van der Waals surface area contributed by atoms with Gasteiger partial charge in [0.2, 0.25) is 17.7 Å². The van der Waals surface area contributed by atoms with Crippen LogP contribution in [0.5, 0.6) is 5.75 Å². The molecule has 5 aliphatic rings. The van der Waals surface area contributed by atoms with Crippen molar-refractivity contribution in [3.8, 4) is 5.75 Å². The molecule has 1 saturated carbocycles. The minimum Gasteiger partial charge on any atom is -0.497 e. The van der Waals surface area contributed by atoms with Crippen molar-refractivity contribution in [2.45, 2.75) is 88.1 Å². The molecule has 6 atom stereocenters. The number of carbonyl (C=O) groups is 3. The quantitative estimate of drug-likeness (QED) is 0.483. The maximum atomic E-state index is 14.2. The van der Waals surface area contributed by atoms with E-state index in [4.69, 9.17) is 9.47 Å². The van der Waals surface area contributed by atoms with E-state index < -0.39 is 29.6 Å². The van der Waals surface area contributed by atoms with Gasteiger partial charge in [0.05, 0.1) is 25.0 Å². The van der Waals surface area contributed by atoms with E-state index in [0.717, 1.165) is 45.1 Å². The van der Waals surface area contributed by atoms with Crippen molar-refractivity contribution in [2.24, 2.45) is 11.8 Å². The van der Waals surface area contributed by atoms with Crippen molar-refractivity contribution in [1.29, 1.82) is 0 Å². The Hall–Kier alpha value is -2.91. The van der Waals surface area contributed by atoms with Gasteiger partial charge in [-0.15, -0.1) is 0 Å². The molecule has 4 fully saturated rings. The molecule has 1 aromatic rings. The number of anilines is 1. The van der Waals surface area contributed by atoms with Crippen LogP contribution in [0.15, 0.2) is 36.4 Å². The molecule has 4 heterocycles. The number of nitrogens with one attached hydrogen (secondary N) is 2. The highest BCUT2D eigenvalue weighted by molar-refractivity contribution is 6.02. The van der Waals surface area contributed by atoms with Gasteiger partial charge >= 0.3 is 0 Å². The van der Waals surface area contributed by atoms with Crippen LogP contribution in [-0.2, 0) is 19.1 Å². The number of hydrogen-bond donors (Lipinski definition) is 2. The SMILES string of the molecule is COc1cccc(NC(=O)[C@@H]2[C@@H]3C=C[C@]4(O3)[C@@H]2C(=O)N(CCN2CCCC[C@H]2C)[C@H]4C(=O)NC2CCCCC2)c1. The first-order valence-electron chi connectivity index (χ1n) is 15.1. The second-order valence-corrected chi connectivity index (χ2v) is 12.2. The van der Waals surface area contributed by atoms with Crippen molar-refractivity contribution in [2.75, 3.05) is 32.1 Å². The second-order valence-electron chi connectivity index (χ2n) is 12.2. The fourth-order valence-corrected chi connectivity index (χ4v) is 7.69. The Labute approximate surface area is 236 Å². The first-order valence-corrected chi connectivity index (χ1v) is 15.1. The lowest BCUT2D eigenvalue weighted by molar-refractivity contribution is -0.141. The molecule has 9 heteroatoms. The molecule has 0 unspecified atom stereocenters. The number of amides is 3. The summed E-state index contributed by atoms with van der Waals surface area (Å²) in [4.78, 5) is 46.0. The fraction of sp³-hybridized carbons (Fsp3) is 0.645. The minimum atomic E-state index is -1.13. The molecule has 40 heavy (non-hydrogen) atoms. The number of carbonyl (C=O) groups excluding carboxylic acids is 3. The summed E-state index contributed by atoms with van der Waals surface area (Å²) >= 11 is 0. The van der Waals surface area contributed by atoms with Crippen molar-refractivity contribution in [3.63, 3.8) is 0 Å². The van der Waals surface area contributed by atoms with Gasteiger partial charge in [0.15, 0.2) is 0 Å². The third-order valence-corrected chi connectivity index (χ3v) is 9.78. The molecule has 4 aliphatic heterocycles. The molecule has 0 radical (unpaired) electrons. The maximum Gasteiger partial charge on any atom is 0.246 e. The van der Waals surface area contributed by atoms with E-state index in [1.54, 1.807) is 24.1 Å². The topological polar surface area (TPSA) is 100 Å². The van der Waals surface area contributed by atoms with Gasteiger partial charge in [0.1, 0.15) is 17.4 Å². The standard InChI is InChI=1S/C31H42N4O5/c1-20-9-6-7-16-34(20)17-18-35-27(29(37)32-21-10-4-3-5-11-21)31-15-14-24(40-31)25(26(31)30(35)38)28(36)33-22-12-8-13-23(19-22)39-2/h8,12-15,19-21,24-27H,3-7,9-11,16-18H2,1-2H3,(H,32,37)(H,33,36)/t20-,24+,25-,26+,27+,31+/m1/s1. The molecule has 6 rings (SSSR count). The predicted octanol–water partition coefficient (Wildman–Crippen LogP) is 3.11. The highest BCUT2D eigenvalue weighted by Crippen LogP contribution is 2.55. The van der Waals surface area contributed by atoms with Gasteiger partial charge in [-0.25, -0.2) is 0 Å². The Morgan fingerprint density at radius 2 is 1.88 bits per heavy atom. The Morgan fingerprint density at radius 3 is 2.65 bits per heavy atom.